The summed E-state index contributed by atoms with van der Waals surface area (Å²) < 4.78 is 26.8. The Bertz CT molecular complexity index is 1670. The van der Waals surface area contributed by atoms with Crippen LogP contribution in [0.2, 0.25) is 0 Å². The van der Waals surface area contributed by atoms with Crippen LogP contribution in [0.15, 0.2) is 78.2 Å². The van der Waals surface area contributed by atoms with Crippen LogP contribution in [-0.2, 0) is 14.8 Å². The first-order chi connectivity index (χ1) is 17.2. The molecule has 0 aliphatic carbocycles. The van der Waals surface area contributed by atoms with E-state index in [1.54, 1.807) is 35.0 Å². The quantitative estimate of drug-likeness (QED) is 0.332. The third kappa shape index (κ3) is 4.48. The number of hydrogen-bond acceptors (Lipinski definition) is 6. The van der Waals surface area contributed by atoms with Crippen LogP contribution in [0.25, 0.3) is 27.5 Å². The normalized spacial score (nSPS) is 14.8. The summed E-state index contributed by atoms with van der Waals surface area (Å²) in [7, 11) is -3.20. The molecule has 2 aromatic heterocycles. The second-order valence-electron chi connectivity index (χ2n) is 8.66. The number of piperazine rings is 1. The maximum Gasteiger partial charge on any atom is 0.255 e. The van der Waals surface area contributed by atoms with Crippen LogP contribution in [0.4, 0.5) is 11.4 Å². The summed E-state index contributed by atoms with van der Waals surface area (Å²) in [5.41, 5.74) is 3.34. The highest BCUT2D eigenvalue weighted by atomic mass is 32.2. The molecule has 0 radical (unpaired) electrons. The molecule has 36 heavy (non-hydrogen) atoms. The Kier molecular flexibility index (Phi) is 6.07. The van der Waals surface area contributed by atoms with Gasteiger partial charge in [0, 0.05) is 60.6 Å². The van der Waals surface area contributed by atoms with Crippen LogP contribution in [-0.4, -0.2) is 60.6 Å². The van der Waals surface area contributed by atoms with Gasteiger partial charge in [0.1, 0.15) is 0 Å². The van der Waals surface area contributed by atoms with E-state index in [4.69, 9.17) is 0 Å². The van der Waals surface area contributed by atoms with Gasteiger partial charge in [-0.3, -0.25) is 19.1 Å². The van der Waals surface area contributed by atoms with Crippen molar-refractivity contribution in [3.8, 4) is 5.69 Å². The van der Waals surface area contributed by atoms with E-state index >= 15 is 0 Å². The Labute approximate surface area is 208 Å². The summed E-state index contributed by atoms with van der Waals surface area (Å²) in [6.07, 6.45) is 4.16. The van der Waals surface area contributed by atoms with E-state index < -0.39 is 10.0 Å². The largest absolute Gasteiger partial charge is 0.369 e. The number of rotatable bonds is 5. The van der Waals surface area contributed by atoms with Gasteiger partial charge >= 0.3 is 0 Å². The molecule has 184 valence electrons. The minimum Gasteiger partial charge on any atom is -0.369 e. The third-order valence-electron chi connectivity index (χ3n) is 6.33. The second-order valence-corrected chi connectivity index (χ2v) is 10.6. The van der Waals surface area contributed by atoms with Crippen molar-refractivity contribution in [3.63, 3.8) is 0 Å². The zero-order chi connectivity index (χ0) is 25.4. The number of hydrogen-bond donors (Lipinski definition) is 1. The van der Waals surface area contributed by atoms with Crippen molar-refractivity contribution in [2.75, 3.05) is 42.7 Å². The SMILES string of the molecule is C=CC(=O)Nc1cccc(-n2c(=O)ccc3cnc4cc(N5CCN(S(C)(=O)=O)CC5)ccc4c32)c1. The molecule has 3 heterocycles. The van der Waals surface area contributed by atoms with Gasteiger partial charge in [-0.1, -0.05) is 12.6 Å². The predicted octanol–water partition coefficient (Wildman–Crippen LogP) is 2.75. The zero-order valence-electron chi connectivity index (χ0n) is 19.7. The number of carbonyl (C=O) groups is 1. The fraction of sp³-hybridized carbons (Fsp3) is 0.192. The minimum absolute atomic E-state index is 0.205. The first kappa shape index (κ1) is 23.7. The highest BCUT2D eigenvalue weighted by Crippen LogP contribution is 2.29. The summed E-state index contributed by atoms with van der Waals surface area (Å²) in [6, 6.07) is 16.2. The van der Waals surface area contributed by atoms with E-state index in [0.29, 0.717) is 43.1 Å². The lowest BCUT2D eigenvalue weighted by Gasteiger charge is -2.34. The molecule has 1 N–H and O–H groups in total. The molecule has 0 spiro atoms. The number of nitrogens with one attached hydrogen (secondary N) is 1. The lowest BCUT2D eigenvalue weighted by atomic mass is 10.1. The van der Waals surface area contributed by atoms with Crippen molar-refractivity contribution in [3.05, 3.63) is 83.8 Å². The topological polar surface area (TPSA) is 105 Å². The lowest BCUT2D eigenvalue weighted by molar-refractivity contribution is -0.111. The lowest BCUT2D eigenvalue weighted by Crippen LogP contribution is -2.48. The summed E-state index contributed by atoms with van der Waals surface area (Å²) in [5, 5.41) is 4.34. The molecule has 0 saturated carbocycles. The number of fused-ring (bicyclic) bond motifs is 3. The van der Waals surface area contributed by atoms with E-state index in [0.717, 1.165) is 22.0 Å². The molecule has 9 nitrogen and oxygen atoms in total. The average Bonchev–Trinajstić information content (AvgIpc) is 2.87. The molecule has 1 aliphatic rings. The van der Waals surface area contributed by atoms with Gasteiger partial charge in [0.25, 0.3) is 5.56 Å². The molecule has 2 aromatic carbocycles. The number of pyridine rings is 2. The predicted molar refractivity (Wildman–Crippen MR) is 142 cm³/mol. The molecular formula is C26H25N5O4S. The maximum absolute atomic E-state index is 13.1. The number of sulfonamides is 1. The van der Waals surface area contributed by atoms with E-state index in [-0.39, 0.29) is 11.5 Å². The van der Waals surface area contributed by atoms with Gasteiger partial charge in [0.15, 0.2) is 0 Å². The standard InChI is InChI=1S/C26H25N5O4S/c1-3-24(32)28-19-5-4-6-21(15-19)31-25(33)10-7-18-17-27-23-16-20(8-9-22(23)26(18)31)29-11-13-30(14-12-29)36(2,34)35/h3-10,15-17H,1,11-14H2,2H3,(H,28,32). The van der Waals surface area contributed by atoms with E-state index in [9.17, 15) is 18.0 Å². The molecule has 4 aromatic rings. The fourth-order valence-electron chi connectivity index (χ4n) is 4.55. The summed E-state index contributed by atoms with van der Waals surface area (Å²) in [5.74, 6) is -0.336. The van der Waals surface area contributed by atoms with E-state index in [1.165, 1.54) is 22.7 Å². The number of amides is 1. The smallest absolute Gasteiger partial charge is 0.255 e. The van der Waals surface area contributed by atoms with Crippen LogP contribution < -0.4 is 15.8 Å². The van der Waals surface area contributed by atoms with Gasteiger partial charge in [-0.05, 0) is 48.5 Å². The third-order valence-corrected chi connectivity index (χ3v) is 7.64. The number of benzene rings is 2. The van der Waals surface area contributed by atoms with Crippen LogP contribution in [0, 0.1) is 0 Å². The Hall–Kier alpha value is -4.02. The first-order valence-corrected chi connectivity index (χ1v) is 13.3. The van der Waals surface area contributed by atoms with Crippen molar-refractivity contribution >= 4 is 49.1 Å². The Morgan fingerprint density at radius 1 is 1.03 bits per heavy atom. The minimum atomic E-state index is -3.20. The number of carbonyl (C=O) groups excluding carboxylic acids is 1. The monoisotopic (exact) mass is 503 g/mol. The first-order valence-electron chi connectivity index (χ1n) is 11.4. The molecule has 1 fully saturated rings. The number of aromatic nitrogens is 2. The van der Waals surface area contributed by atoms with Crippen LogP contribution in [0.5, 0.6) is 0 Å². The van der Waals surface area contributed by atoms with Gasteiger partial charge in [0.05, 0.1) is 23.0 Å². The van der Waals surface area contributed by atoms with Crippen molar-refractivity contribution in [1.29, 1.82) is 0 Å². The van der Waals surface area contributed by atoms with Crippen molar-refractivity contribution < 1.29 is 13.2 Å². The molecule has 1 aliphatic heterocycles. The van der Waals surface area contributed by atoms with Gasteiger partial charge in [0.2, 0.25) is 15.9 Å². The summed E-state index contributed by atoms with van der Waals surface area (Å²) in [4.78, 5) is 31.6. The average molecular weight is 504 g/mol. The second kappa shape index (κ2) is 9.21. The van der Waals surface area contributed by atoms with Crippen molar-refractivity contribution in [1.82, 2.24) is 13.9 Å². The molecule has 10 heteroatoms. The molecule has 0 atom stereocenters. The highest BCUT2D eigenvalue weighted by molar-refractivity contribution is 7.88. The summed E-state index contributed by atoms with van der Waals surface area (Å²) >= 11 is 0. The van der Waals surface area contributed by atoms with Gasteiger partial charge in [-0.15, -0.1) is 0 Å². The zero-order valence-corrected chi connectivity index (χ0v) is 20.5. The van der Waals surface area contributed by atoms with Crippen molar-refractivity contribution in [2.45, 2.75) is 0 Å². The van der Waals surface area contributed by atoms with Crippen molar-refractivity contribution in [2.24, 2.45) is 0 Å². The molecule has 1 amide bonds. The summed E-state index contributed by atoms with van der Waals surface area (Å²) in [6.45, 7) is 5.50. The number of anilines is 2. The Morgan fingerprint density at radius 2 is 1.81 bits per heavy atom. The molecule has 0 bridgehead atoms. The van der Waals surface area contributed by atoms with Gasteiger partial charge in [-0.2, -0.15) is 4.31 Å². The number of nitrogens with zero attached hydrogens (tertiary/aromatic N) is 4. The van der Waals surface area contributed by atoms with Gasteiger partial charge in [-0.25, -0.2) is 8.42 Å². The Morgan fingerprint density at radius 3 is 2.53 bits per heavy atom. The van der Waals surface area contributed by atoms with Crippen LogP contribution in [0.3, 0.4) is 0 Å². The molecular weight excluding hydrogens is 478 g/mol. The highest BCUT2D eigenvalue weighted by Gasteiger charge is 2.24. The van der Waals surface area contributed by atoms with Crippen LogP contribution >= 0.6 is 0 Å². The van der Waals surface area contributed by atoms with Gasteiger partial charge < -0.3 is 10.2 Å². The molecule has 0 unspecified atom stereocenters. The van der Waals surface area contributed by atoms with Crippen LogP contribution in [0.1, 0.15) is 0 Å². The van der Waals surface area contributed by atoms with E-state index in [1.807, 2.05) is 24.3 Å². The maximum atomic E-state index is 13.1. The van der Waals surface area contributed by atoms with E-state index in [2.05, 4.69) is 21.8 Å². The molecule has 5 rings (SSSR count). The fourth-order valence-corrected chi connectivity index (χ4v) is 5.37. The Balaban J connectivity index is 1.58. The molecule has 1 saturated heterocycles.